The van der Waals surface area contributed by atoms with Crippen LogP contribution >= 0.6 is 11.6 Å². The molecular formula is C22H23ClFN7O. The van der Waals surface area contributed by atoms with Gasteiger partial charge in [0.1, 0.15) is 11.6 Å². The Morgan fingerprint density at radius 2 is 1.91 bits per heavy atom. The van der Waals surface area contributed by atoms with Crippen molar-refractivity contribution in [1.82, 2.24) is 28.7 Å². The monoisotopic (exact) mass is 455 g/mol. The van der Waals surface area contributed by atoms with Crippen LogP contribution in [0, 0.1) is 5.82 Å². The van der Waals surface area contributed by atoms with E-state index in [2.05, 4.69) is 20.3 Å². The van der Waals surface area contributed by atoms with Gasteiger partial charge in [-0.3, -0.25) is 0 Å². The van der Waals surface area contributed by atoms with Crippen LogP contribution < -0.4 is 11.0 Å². The summed E-state index contributed by atoms with van der Waals surface area (Å²) in [6.45, 7) is 5.96. The number of hydrogen-bond acceptors (Lipinski definition) is 5. The minimum Gasteiger partial charge on any atom is -0.346 e. The van der Waals surface area contributed by atoms with Crippen LogP contribution in [0.15, 0.2) is 54.0 Å². The molecule has 0 aliphatic rings. The topological polar surface area (TPSA) is 82.6 Å². The summed E-state index contributed by atoms with van der Waals surface area (Å²) >= 11 is 5.96. The summed E-state index contributed by atoms with van der Waals surface area (Å²) in [5, 5.41) is 3.52. The fourth-order valence-electron chi connectivity index (χ4n) is 3.42. The molecule has 4 aromatic rings. The van der Waals surface area contributed by atoms with E-state index in [1.807, 2.05) is 27.0 Å². The Labute approximate surface area is 189 Å². The van der Waals surface area contributed by atoms with Crippen molar-refractivity contribution in [3.05, 3.63) is 81.9 Å². The fourth-order valence-corrected chi connectivity index (χ4v) is 3.64. The van der Waals surface area contributed by atoms with Crippen molar-refractivity contribution in [1.29, 1.82) is 0 Å². The standard InChI is InChI=1S/C22H23ClFN7O/c1-13(2)19-11-29(4)22(32)31(19)20-5-6-25-21(28-20)27-14(3)18-10-30(12-26-18)17-8-15(23)7-16(24)9-17/h5-14H,1-4H3,(H,25,27,28)/t14-/m0/s1. The third kappa shape index (κ3) is 4.29. The number of aryl methyl sites for hydroxylation is 1. The van der Waals surface area contributed by atoms with Gasteiger partial charge >= 0.3 is 5.69 Å². The van der Waals surface area contributed by atoms with Crippen molar-refractivity contribution < 1.29 is 4.39 Å². The number of rotatable bonds is 6. The molecule has 0 saturated heterocycles. The second kappa shape index (κ2) is 8.58. The summed E-state index contributed by atoms with van der Waals surface area (Å²) in [5.74, 6) is 0.582. The normalized spacial score (nSPS) is 12.3. The van der Waals surface area contributed by atoms with Crippen molar-refractivity contribution >= 4 is 17.5 Å². The van der Waals surface area contributed by atoms with E-state index in [1.165, 1.54) is 12.1 Å². The number of benzene rings is 1. The van der Waals surface area contributed by atoms with E-state index in [4.69, 9.17) is 11.6 Å². The molecule has 0 amide bonds. The van der Waals surface area contributed by atoms with Gasteiger partial charge in [0.2, 0.25) is 5.95 Å². The molecule has 3 heterocycles. The predicted molar refractivity (Wildman–Crippen MR) is 121 cm³/mol. The van der Waals surface area contributed by atoms with Gasteiger partial charge in [-0.2, -0.15) is 4.98 Å². The highest BCUT2D eigenvalue weighted by atomic mass is 35.5. The Bertz CT molecular complexity index is 1300. The lowest BCUT2D eigenvalue weighted by Crippen LogP contribution is -2.23. The first kappa shape index (κ1) is 21.8. The molecule has 1 atom stereocenters. The molecule has 0 bridgehead atoms. The number of anilines is 1. The van der Waals surface area contributed by atoms with Crippen LogP contribution in [0.5, 0.6) is 0 Å². The zero-order chi connectivity index (χ0) is 23.0. The van der Waals surface area contributed by atoms with Crippen LogP contribution in [-0.4, -0.2) is 28.7 Å². The van der Waals surface area contributed by atoms with Crippen LogP contribution in [0.3, 0.4) is 0 Å². The number of imidazole rings is 2. The molecule has 0 fully saturated rings. The first-order valence-electron chi connectivity index (χ1n) is 10.1. The second-order valence-corrected chi connectivity index (χ2v) is 8.31. The van der Waals surface area contributed by atoms with E-state index in [1.54, 1.807) is 51.6 Å². The van der Waals surface area contributed by atoms with Gasteiger partial charge in [0, 0.05) is 42.4 Å². The molecule has 32 heavy (non-hydrogen) atoms. The van der Waals surface area contributed by atoms with Gasteiger partial charge in [-0.05, 0) is 31.0 Å². The Morgan fingerprint density at radius 3 is 2.62 bits per heavy atom. The van der Waals surface area contributed by atoms with Crippen LogP contribution in [-0.2, 0) is 7.05 Å². The molecule has 3 aromatic heterocycles. The highest BCUT2D eigenvalue weighted by molar-refractivity contribution is 6.30. The average Bonchev–Trinajstić information content (AvgIpc) is 3.33. The summed E-state index contributed by atoms with van der Waals surface area (Å²) < 4.78 is 18.5. The molecular weight excluding hydrogens is 433 g/mol. The molecule has 0 saturated carbocycles. The smallest absolute Gasteiger partial charge is 0.333 e. The maximum absolute atomic E-state index is 13.7. The summed E-state index contributed by atoms with van der Waals surface area (Å²) in [6, 6.07) is 5.75. The van der Waals surface area contributed by atoms with Crippen LogP contribution in [0.4, 0.5) is 10.3 Å². The second-order valence-electron chi connectivity index (χ2n) is 7.88. The maximum Gasteiger partial charge on any atom is 0.333 e. The summed E-state index contributed by atoms with van der Waals surface area (Å²) in [4.78, 5) is 25.9. The number of hydrogen-bond donors (Lipinski definition) is 1. The Kier molecular flexibility index (Phi) is 5.84. The Morgan fingerprint density at radius 1 is 1.12 bits per heavy atom. The van der Waals surface area contributed by atoms with E-state index in [0.717, 1.165) is 5.69 Å². The van der Waals surface area contributed by atoms with E-state index < -0.39 is 5.82 Å². The molecule has 166 valence electrons. The summed E-state index contributed by atoms with van der Waals surface area (Å²) in [7, 11) is 1.72. The summed E-state index contributed by atoms with van der Waals surface area (Å²) in [6.07, 6.45) is 6.80. The summed E-state index contributed by atoms with van der Waals surface area (Å²) in [5.41, 5.74) is 1.98. The van der Waals surface area contributed by atoms with Crippen molar-refractivity contribution in [3.63, 3.8) is 0 Å². The predicted octanol–water partition coefficient (Wildman–Crippen LogP) is 4.24. The number of halogens is 2. The quantitative estimate of drug-likeness (QED) is 0.470. The van der Waals surface area contributed by atoms with Gasteiger partial charge in [0.05, 0.1) is 23.8 Å². The van der Waals surface area contributed by atoms with Gasteiger partial charge in [-0.25, -0.2) is 23.7 Å². The van der Waals surface area contributed by atoms with E-state index in [0.29, 0.717) is 28.2 Å². The SMILES string of the molecule is CC(C)c1cn(C)c(=O)n1-c1ccnc(N[C@@H](C)c2cn(-c3cc(F)cc(Cl)c3)cn2)n1. The van der Waals surface area contributed by atoms with Crippen molar-refractivity contribution in [2.45, 2.75) is 32.7 Å². The zero-order valence-corrected chi connectivity index (χ0v) is 18.9. The number of nitrogens with zero attached hydrogens (tertiary/aromatic N) is 6. The zero-order valence-electron chi connectivity index (χ0n) is 18.1. The van der Waals surface area contributed by atoms with Gasteiger partial charge in [-0.1, -0.05) is 25.4 Å². The Balaban J connectivity index is 1.59. The van der Waals surface area contributed by atoms with Gasteiger partial charge in [0.15, 0.2) is 0 Å². The maximum atomic E-state index is 13.7. The minimum atomic E-state index is -0.420. The van der Waals surface area contributed by atoms with Gasteiger partial charge in [0.25, 0.3) is 0 Å². The third-order valence-electron chi connectivity index (χ3n) is 5.08. The van der Waals surface area contributed by atoms with E-state index >= 15 is 0 Å². The Hall–Kier alpha value is -3.46. The van der Waals surface area contributed by atoms with Crippen molar-refractivity contribution in [3.8, 4) is 11.5 Å². The first-order valence-corrected chi connectivity index (χ1v) is 10.5. The average molecular weight is 456 g/mol. The lowest BCUT2D eigenvalue weighted by molar-refractivity contribution is 0.626. The third-order valence-corrected chi connectivity index (χ3v) is 5.29. The van der Waals surface area contributed by atoms with Crippen molar-refractivity contribution in [2.75, 3.05) is 5.32 Å². The number of aromatic nitrogens is 6. The molecule has 0 unspecified atom stereocenters. The van der Waals surface area contributed by atoms with Crippen molar-refractivity contribution in [2.24, 2.45) is 7.05 Å². The highest BCUT2D eigenvalue weighted by Crippen LogP contribution is 2.21. The molecule has 8 nitrogen and oxygen atoms in total. The molecule has 0 spiro atoms. The lowest BCUT2D eigenvalue weighted by atomic mass is 10.1. The number of nitrogens with one attached hydrogen (secondary N) is 1. The molecule has 0 radical (unpaired) electrons. The van der Waals surface area contributed by atoms with E-state index in [-0.39, 0.29) is 17.6 Å². The molecule has 1 N–H and O–H groups in total. The molecule has 1 aromatic carbocycles. The van der Waals surface area contributed by atoms with Gasteiger partial charge < -0.3 is 14.5 Å². The largest absolute Gasteiger partial charge is 0.346 e. The van der Waals surface area contributed by atoms with Crippen LogP contribution in [0.25, 0.3) is 11.5 Å². The minimum absolute atomic E-state index is 0.148. The van der Waals surface area contributed by atoms with Crippen LogP contribution in [0.2, 0.25) is 5.02 Å². The molecule has 10 heteroatoms. The fraction of sp³-hybridized carbons (Fsp3) is 0.273. The molecule has 0 aliphatic heterocycles. The lowest BCUT2D eigenvalue weighted by Gasteiger charge is -2.13. The molecule has 0 aliphatic carbocycles. The molecule has 4 rings (SSSR count). The van der Waals surface area contributed by atoms with Gasteiger partial charge in [-0.15, -0.1) is 0 Å². The highest BCUT2D eigenvalue weighted by Gasteiger charge is 2.17. The first-order chi connectivity index (χ1) is 15.2. The van der Waals surface area contributed by atoms with Crippen LogP contribution in [0.1, 0.15) is 44.1 Å². The van der Waals surface area contributed by atoms with E-state index in [9.17, 15) is 9.18 Å².